The van der Waals surface area contributed by atoms with E-state index in [0.29, 0.717) is 0 Å². The topological polar surface area (TPSA) is 21.3 Å². The van der Waals surface area contributed by atoms with Crippen molar-refractivity contribution in [3.05, 3.63) is 29.3 Å². The normalized spacial score (nSPS) is 14.8. The Kier molecular flexibility index (Phi) is 5.06. The summed E-state index contributed by atoms with van der Waals surface area (Å²) in [4.78, 5) is 0. The van der Waals surface area contributed by atoms with Crippen LogP contribution in [0.3, 0.4) is 0 Å². The van der Waals surface area contributed by atoms with Crippen molar-refractivity contribution in [3.63, 3.8) is 0 Å². The van der Waals surface area contributed by atoms with Crippen LogP contribution in [0.15, 0.2) is 18.2 Å². The minimum atomic E-state index is 0.849. The van der Waals surface area contributed by atoms with Crippen molar-refractivity contribution in [2.75, 3.05) is 13.7 Å². The molecule has 1 N–H and O–H groups in total. The molecule has 0 bridgehead atoms. The number of unbranched alkanes of at least 4 members (excludes halogenated alkanes) is 2. The first kappa shape index (κ1) is 13.4. The van der Waals surface area contributed by atoms with Crippen LogP contribution in [-0.2, 0) is 6.42 Å². The van der Waals surface area contributed by atoms with Crippen LogP contribution in [0.1, 0.15) is 43.2 Å². The molecule has 0 aliphatic heterocycles. The zero-order valence-electron chi connectivity index (χ0n) is 11.7. The summed E-state index contributed by atoms with van der Waals surface area (Å²) >= 11 is 0. The number of ether oxygens (including phenoxy) is 1. The fraction of sp³-hybridized carbons (Fsp3) is 0.625. The SMILES string of the molecule is COc1ccc(C)cc1CCCCCNC1CC1. The highest BCUT2D eigenvalue weighted by Gasteiger charge is 2.19. The number of rotatable bonds is 8. The summed E-state index contributed by atoms with van der Waals surface area (Å²) in [6, 6.07) is 7.30. The lowest BCUT2D eigenvalue weighted by molar-refractivity contribution is 0.408. The van der Waals surface area contributed by atoms with Crippen molar-refractivity contribution in [2.24, 2.45) is 0 Å². The molecule has 0 heterocycles. The Bertz CT molecular complexity index is 371. The van der Waals surface area contributed by atoms with Crippen molar-refractivity contribution < 1.29 is 4.74 Å². The van der Waals surface area contributed by atoms with Crippen LogP contribution in [0, 0.1) is 6.92 Å². The van der Waals surface area contributed by atoms with Crippen LogP contribution in [0.2, 0.25) is 0 Å². The average Bonchev–Trinajstić information content (AvgIpc) is 3.18. The number of hydrogen-bond donors (Lipinski definition) is 1. The van der Waals surface area contributed by atoms with Gasteiger partial charge in [0, 0.05) is 6.04 Å². The Morgan fingerprint density at radius 1 is 1.22 bits per heavy atom. The third kappa shape index (κ3) is 4.34. The minimum absolute atomic E-state index is 0.849. The standard InChI is InChI=1S/C16H25NO/c1-13-7-10-16(18-2)14(12-13)6-4-3-5-11-17-15-8-9-15/h7,10,12,15,17H,3-6,8-9,11H2,1-2H3. The van der Waals surface area contributed by atoms with E-state index in [4.69, 9.17) is 4.74 Å². The van der Waals surface area contributed by atoms with Crippen LogP contribution in [0.25, 0.3) is 0 Å². The largest absolute Gasteiger partial charge is 0.496 e. The second-order valence-electron chi connectivity index (χ2n) is 5.35. The first-order chi connectivity index (χ1) is 8.79. The molecule has 1 aliphatic carbocycles. The number of aryl methyl sites for hydroxylation is 2. The van der Waals surface area contributed by atoms with Crippen molar-refractivity contribution in [1.29, 1.82) is 0 Å². The molecule has 1 aromatic carbocycles. The third-order valence-corrected chi connectivity index (χ3v) is 3.57. The second-order valence-corrected chi connectivity index (χ2v) is 5.35. The predicted octanol–water partition coefficient (Wildman–Crippen LogP) is 3.47. The van der Waals surface area contributed by atoms with Gasteiger partial charge in [0.15, 0.2) is 0 Å². The van der Waals surface area contributed by atoms with E-state index in [9.17, 15) is 0 Å². The molecular formula is C16H25NO. The molecule has 2 nitrogen and oxygen atoms in total. The van der Waals surface area contributed by atoms with E-state index in [1.54, 1.807) is 7.11 Å². The van der Waals surface area contributed by atoms with Crippen LogP contribution in [-0.4, -0.2) is 19.7 Å². The summed E-state index contributed by atoms with van der Waals surface area (Å²) in [5.74, 6) is 1.04. The van der Waals surface area contributed by atoms with Gasteiger partial charge in [0.25, 0.3) is 0 Å². The van der Waals surface area contributed by atoms with Crippen molar-refractivity contribution in [1.82, 2.24) is 5.32 Å². The van der Waals surface area contributed by atoms with Crippen LogP contribution in [0.4, 0.5) is 0 Å². The quantitative estimate of drug-likeness (QED) is 0.710. The molecule has 2 rings (SSSR count). The molecule has 0 amide bonds. The Balaban J connectivity index is 1.66. The van der Waals surface area contributed by atoms with Gasteiger partial charge < -0.3 is 10.1 Å². The maximum absolute atomic E-state index is 5.41. The molecule has 1 saturated carbocycles. The first-order valence-corrected chi connectivity index (χ1v) is 7.16. The minimum Gasteiger partial charge on any atom is -0.496 e. The van der Waals surface area contributed by atoms with Gasteiger partial charge >= 0.3 is 0 Å². The lowest BCUT2D eigenvalue weighted by Gasteiger charge is -2.09. The first-order valence-electron chi connectivity index (χ1n) is 7.16. The highest BCUT2D eigenvalue weighted by molar-refractivity contribution is 5.36. The van der Waals surface area contributed by atoms with Gasteiger partial charge in [0.2, 0.25) is 0 Å². The molecule has 18 heavy (non-hydrogen) atoms. The maximum Gasteiger partial charge on any atom is 0.122 e. The van der Waals surface area contributed by atoms with Crippen LogP contribution >= 0.6 is 0 Å². The van der Waals surface area contributed by atoms with Gasteiger partial charge in [0.1, 0.15) is 5.75 Å². The van der Waals surface area contributed by atoms with E-state index in [1.165, 1.54) is 49.8 Å². The van der Waals surface area contributed by atoms with E-state index < -0.39 is 0 Å². The van der Waals surface area contributed by atoms with Crippen molar-refractivity contribution >= 4 is 0 Å². The highest BCUT2D eigenvalue weighted by Crippen LogP contribution is 2.22. The summed E-state index contributed by atoms with van der Waals surface area (Å²) < 4.78 is 5.41. The van der Waals surface area contributed by atoms with E-state index in [1.807, 2.05) is 0 Å². The smallest absolute Gasteiger partial charge is 0.122 e. The van der Waals surface area contributed by atoms with Gasteiger partial charge in [-0.3, -0.25) is 0 Å². The summed E-state index contributed by atoms with van der Waals surface area (Å²) in [5, 5.41) is 3.56. The number of nitrogens with one attached hydrogen (secondary N) is 1. The number of hydrogen-bond acceptors (Lipinski definition) is 2. The van der Waals surface area contributed by atoms with Crippen LogP contribution in [0.5, 0.6) is 5.75 Å². The molecule has 100 valence electrons. The molecule has 2 heteroatoms. The molecule has 0 saturated heterocycles. The second kappa shape index (κ2) is 6.79. The van der Waals surface area contributed by atoms with Gasteiger partial charge in [-0.2, -0.15) is 0 Å². The molecule has 1 aliphatic rings. The molecule has 0 aromatic heterocycles. The maximum atomic E-state index is 5.41. The monoisotopic (exact) mass is 247 g/mol. The van der Waals surface area contributed by atoms with Gasteiger partial charge in [-0.15, -0.1) is 0 Å². The van der Waals surface area contributed by atoms with Crippen LogP contribution < -0.4 is 10.1 Å². The predicted molar refractivity (Wildman–Crippen MR) is 76.3 cm³/mol. The molecular weight excluding hydrogens is 222 g/mol. The molecule has 0 radical (unpaired) electrons. The fourth-order valence-electron chi connectivity index (χ4n) is 2.31. The Hall–Kier alpha value is -1.02. The van der Waals surface area contributed by atoms with Gasteiger partial charge in [-0.25, -0.2) is 0 Å². The molecule has 0 atom stereocenters. The zero-order chi connectivity index (χ0) is 12.8. The molecule has 0 spiro atoms. The Morgan fingerprint density at radius 2 is 2.06 bits per heavy atom. The van der Waals surface area contributed by atoms with Crippen molar-refractivity contribution in [3.8, 4) is 5.75 Å². The molecule has 1 aromatic rings. The number of methoxy groups -OCH3 is 1. The molecule has 0 unspecified atom stereocenters. The van der Waals surface area contributed by atoms with Crippen molar-refractivity contribution in [2.45, 2.75) is 51.5 Å². The fourth-order valence-corrected chi connectivity index (χ4v) is 2.31. The third-order valence-electron chi connectivity index (χ3n) is 3.57. The zero-order valence-corrected chi connectivity index (χ0v) is 11.7. The average molecular weight is 247 g/mol. The lowest BCUT2D eigenvalue weighted by Crippen LogP contribution is -2.17. The van der Waals surface area contributed by atoms with Gasteiger partial charge in [0.05, 0.1) is 7.11 Å². The Labute approximate surface area is 111 Å². The van der Waals surface area contributed by atoms with Gasteiger partial charge in [-0.1, -0.05) is 24.1 Å². The summed E-state index contributed by atoms with van der Waals surface area (Å²) in [6.07, 6.45) is 7.77. The van der Waals surface area contributed by atoms with E-state index >= 15 is 0 Å². The summed E-state index contributed by atoms with van der Waals surface area (Å²) in [5.41, 5.74) is 2.67. The molecule has 1 fully saturated rings. The summed E-state index contributed by atoms with van der Waals surface area (Å²) in [7, 11) is 1.76. The van der Waals surface area contributed by atoms with E-state index in [2.05, 4.69) is 30.4 Å². The number of benzene rings is 1. The van der Waals surface area contributed by atoms with E-state index in [0.717, 1.165) is 18.2 Å². The summed E-state index contributed by atoms with van der Waals surface area (Å²) in [6.45, 7) is 3.33. The Morgan fingerprint density at radius 3 is 2.78 bits per heavy atom. The van der Waals surface area contributed by atoms with Gasteiger partial charge in [-0.05, 0) is 57.2 Å². The van der Waals surface area contributed by atoms with E-state index in [-0.39, 0.29) is 0 Å². The highest BCUT2D eigenvalue weighted by atomic mass is 16.5. The lowest BCUT2D eigenvalue weighted by atomic mass is 10.0.